The molecule has 0 aliphatic carbocycles. The van der Waals surface area contributed by atoms with E-state index in [2.05, 4.69) is 12.2 Å². The molecule has 0 aromatic heterocycles. The van der Waals surface area contributed by atoms with Crippen LogP contribution in [0.3, 0.4) is 0 Å². The second kappa shape index (κ2) is 8.67. The molecule has 1 aliphatic rings. The minimum Gasteiger partial charge on any atom is -0.396 e. The summed E-state index contributed by atoms with van der Waals surface area (Å²) in [5.41, 5.74) is -0.0367. The number of likely N-dealkylation sites (tertiary alicyclic amines) is 1. The Morgan fingerprint density at radius 1 is 1.17 bits per heavy atom. The smallest absolute Gasteiger partial charge is 0.245 e. The predicted molar refractivity (Wildman–Crippen MR) is 91.8 cm³/mol. The lowest BCUT2D eigenvalue weighted by atomic mass is 9.77. The lowest BCUT2D eigenvalue weighted by Gasteiger charge is -2.41. The molecule has 1 heterocycles. The standard InChI is InChI=1S/C18H34N2O3/c1-6-18(12-21)7-9-20(10-8-18)17(23)16(14(4)5)19-15(22)11-13(2)3/h13-14,16,21H,6-12H2,1-5H3,(H,19,22)/t16-/m1/s1. The summed E-state index contributed by atoms with van der Waals surface area (Å²) in [6.45, 7) is 11.5. The van der Waals surface area contributed by atoms with E-state index in [0.717, 1.165) is 19.3 Å². The number of hydrogen-bond donors (Lipinski definition) is 2. The number of carbonyl (C=O) groups excluding carboxylic acids is 2. The minimum absolute atomic E-state index is 0.0137. The van der Waals surface area contributed by atoms with E-state index in [9.17, 15) is 14.7 Å². The number of nitrogens with one attached hydrogen (secondary N) is 1. The summed E-state index contributed by atoms with van der Waals surface area (Å²) in [4.78, 5) is 26.7. The summed E-state index contributed by atoms with van der Waals surface area (Å²) in [6, 6.07) is -0.454. The third kappa shape index (κ3) is 5.48. The second-order valence-corrected chi connectivity index (χ2v) is 7.72. The molecule has 2 N–H and O–H groups in total. The van der Waals surface area contributed by atoms with Gasteiger partial charge in [-0.2, -0.15) is 0 Å². The quantitative estimate of drug-likeness (QED) is 0.753. The number of amides is 2. The van der Waals surface area contributed by atoms with Crippen LogP contribution in [0.4, 0.5) is 0 Å². The zero-order chi connectivity index (χ0) is 17.6. The van der Waals surface area contributed by atoms with Crippen LogP contribution in [0.15, 0.2) is 0 Å². The van der Waals surface area contributed by atoms with E-state index >= 15 is 0 Å². The topological polar surface area (TPSA) is 69.6 Å². The molecule has 23 heavy (non-hydrogen) atoms. The molecule has 0 unspecified atom stereocenters. The third-order valence-electron chi connectivity index (χ3n) is 5.06. The molecule has 0 spiro atoms. The number of piperidine rings is 1. The number of aliphatic hydroxyl groups excluding tert-OH is 1. The molecule has 1 aliphatic heterocycles. The van der Waals surface area contributed by atoms with E-state index in [4.69, 9.17) is 0 Å². The Balaban J connectivity index is 2.67. The third-order valence-corrected chi connectivity index (χ3v) is 5.06. The van der Waals surface area contributed by atoms with Crippen molar-refractivity contribution in [2.45, 2.75) is 66.3 Å². The molecule has 134 valence electrons. The van der Waals surface area contributed by atoms with Crippen molar-refractivity contribution in [1.82, 2.24) is 10.2 Å². The van der Waals surface area contributed by atoms with Gasteiger partial charge in [0.2, 0.25) is 11.8 Å². The average molecular weight is 326 g/mol. The van der Waals surface area contributed by atoms with Crippen molar-refractivity contribution in [1.29, 1.82) is 0 Å². The highest BCUT2D eigenvalue weighted by atomic mass is 16.3. The van der Waals surface area contributed by atoms with Gasteiger partial charge in [0.05, 0.1) is 0 Å². The summed E-state index contributed by atoms with van der Waals surface area (Å²) in [7, 11) is 0. The highest BCUT2D eigenvalue weighted by Crippen LogP contribution is 2.34. The van der Waals surface area contributed by atoms with Gasteiger partial charge >= 0.3 is 0 Å². The Morgan fingerprint density at radius 3 is 2.13 bits per heavy atom. The van der Waals surface area contributed by atoms with Crippen LogP contribution in [0, 0.1) is 17.3 Å². The Bertz CT molecular complexity index is 393. The molecule has 0 radical (unpaired) electrons. The van der Waals surface area contributed by atoms with Gasteiger partial charge < -0.3 is 15.3 Å². The molecular weight excluding hydrogens is 292 g/mol. The van der Waals surface area contributed by atoms with Crippen LogP contribution in [0.1, 0.15) is 60.3 Å². The first-order valence-electron chi connectivity index (χ1n) is 8.93. The first-order valence-corrected chi connectivity index (χ1v) is 8.93. The van der Waals surface area contributed by atoms with Crippen LogP contribution in [-0.4, -0.2) is 47.6 Å². The fraction of sp³-hybridized carbons (Fsp3) is 0.889. The van der Waals surface area contributed by atoms with Crippen molar-refractivity contribution < 1.29 is 14.7 Å². The van der Waals surface area contributed by atoms with Crippen LogP contribution in [0.5, 0.6) is 0 Å². The zero-order valence-electron chi connectivity index (χ0n) is 15.4. The molecular formula is C18H34N2O3. The van der Waals surface area contributed by atoms with E-state index in [-0.39, 0.29) is 35.7 Å². The first kappa shape index (κ1) is 19.9. The average Bonchev–Trinajstić information content (AvgIpc) is 2.51. The van der Waals surface area contributed by atoms with Gasteiger partial charge in [0.25, 0.3) is 0 Å². The summed E-state index contributed by atoms with van der Waals surface area (Å²) >= 11 is 0. The summed E-state index contributed by atoms with van der Waals surface area (Å²) in [5.74, 6) is 0.305. The lowest BCUT2D eigenvalue weighted by molar-refractivity contribution is -0.140. The van der Waals surface area contributed by atoms with Gasteiger partial charge in [0.1, 0.15) is 6.04 Å². The van der Waals surface area contributed by atoms with Crippen LogP contribution in [0.2, 0.25) is 0 Å². The van der Waals surface area contributed by atoms with Crippen molar-refractivity contribution in [3.63, 3.8) is 0 Å². The first-order chi connectivity index (χ1) is 10.7. The van der Waals surface area contributed by atoms with Crippen LogP contribution < -0.4 is 5.32 Å². The van der Waals surface area contributed by atoms with Crippen molar-refractivity contribution in [3.8, 4) is 0 Å². The SMILES string of the molecule is CCC1(CO)CCN(C(=O)[C@H](NC(=O)CC(C)C)C(C)C)CC1. The molecule has 1 saturated heterocycles. The fourth-order valence-corrected chi connectivity index (χ4v) is 3.14. The Kier molecular flexibility index (Phi) is 7.52. The fourth-order valence-electron chi connectivity index (χ4n) is 3.14. The maximum absolute atomic E-state index is 12.8. The molecule has 1 rings (SSSR count). The summed E-state index contributed by atoms with van der Waals surface area (Å²) in [6.07, 6.45) is 3.04. The minimum atomic E-state index is -0.454. The van der Waals surface area contributed by atoms with Crippen LogP contribution in [-0.2, 0) is 9.59 Å². The molecule has 2 amide bonds. The normalized spacial score (nSPS) is 19.0. The van der Waals surface area contributed by atoms with Gasteiger partial charge in [-0.25, -0.2) is 0 Å². The van der Waals surface area contributed by atoms with Gasteiger partial charge in [-0.05, 0) is 36.5 Å². The number of rotatable bonds is 7. The molecule has 0 bridgehead atoms. The van der Waals surface area contributed by atoms with E-state index in [1.807, 2.05) is 32.6 Å². The Hall–Kier alpha value is -1.10. The molecule has 5 heteroatoms. The molecule has 0 aromatic rings. The van der Waals surface area contributed by atoms with Crippen molar-refractivity contribution in [2.75, 3.05) is 19.7 Å². The van der Waals surface area contributed by atoms with Crippen molar-refractivity contribution in [2.24, 2.45) is 17.3 Å². The molecule has 1 atom stereocenters. The van der Waals surface area contributed by atoms with Gasteiger partial charge in [-0.15, -0.1) is 0 Å². The van der Waals surface area contributed by atoms with E-state index in [1.165, 1.54) is 0 Å². The predicted octanol–water partition coefficient (Wildman–Crippen LogP) is 2.18. The zero-order valence-corrected chi connectivity index (χ0v) is 15.4. The monoisotopic (exact) mass is 326 g/mol. The summed E-state index contributed by atoms with van der Waals surface area (Å²) in [5, 5.41) is 12.5. The van der Waals surface area contributed by atoms with Gasteiger partial charge in [-0.1, -0.05) is 34.6 Å². The van der Waals surface area contributed by atoms with E-state index in [1.54, 1.807) is 0 Å². The van der Waals surface area contributed by atoms with Crippen molar-refractivity contribution >= 4 is 11.8 Å². The second-order valence-electron chi connectivity index (χ2n) is 7.72. The highest BCUT2D eigenvalue weighted by Gasteiger charge is 2.36. The number of hydrogen-bond acceptors (Lipinski definition) is 3. The molecule has 1 fully saturated rings. The highest BCUT2D eigenvalue weighted by molar-refractivity contribution is 5.88. The summed E-state index contributed by atoms with van der Waals surface area (Å²) < 4.78 is 0. The number of nitrogens with zero attached hydrogens (tertiary/aromatic N) is 1. The van der Waals surface area contributed by atoms with Gasteiger partial charge in [-0.3, -0.25) is 9.59 Å². The lowest BCUT2D eigenvalue weighted by Crippen LogP contribution is -2.54. The van der Waals surface area contributed by atoms with E-state index < -0.39 is 6.04 Å². The number of aliphatic hydroxyl groups is 1. The molecule has 0 saturated carbocycles. The largest absolute Gasteiger partial charge is 0.396 e. The molecule has 0 aromatic carbocycles. The van der Waals surface area contributed by atoms with Crippen LogP contribution in [0.25, 0.3) is 0 Å². The molecule has 5 nitrogen and oxygen atoms in total. The van der Waals surface area contributed by atoms with E-state index in [0.29, 0.717) is 19.5 Å². The maximum atomic E-state index is 12.8. The number of carbonyl (C=O) groups is 2. The van der Waals surface area contributed by atoms with Crippen LogP contribution >= 0.6 is 0 Å². The Labute approximate surface area is 140 Å². The van der Waals surface area contributed by atoms with Crippen molar-refractivity contribution in [3.05, 3.63) is 0 Å². The Morgan fingerprint density at radius 2 is 1.74 bits per heavy atom. The van der Waals surface area contributed by atoms with Gasteiger partial charge in [0, 0.05) is 26.1 Å². The van der Waals surface area contributed by atoms with Gasteiger partial charge in [0.15, 0.2) is 0 Å². The maximum Gasteiger partial charge on any atom is 0.245 e.